The first-order chi connectivity index (χ1) is 9.50. The Hall–Kier alpha value is -2.21. The van der Waals surface area contributed by atoms with Gasteiger partial charge in [-0.05, 0) is 24.3 Å². The van der Waals surface area contributed by atoms with E-state index in [0.717, 1.165) is 4.90 Å². The lowest BCUT2D eigenvalue weighted by Gasteiger charge is -2.14. The molecule has 2 atom stereocenters. The number of hydrogen-bond acceptors (Lipinski definition) is 5. The SMILES string of the molecule is CC(=O)C1=NO[C@H]2C(=O)N(c3ccc(Cl)cc3)C(=O)[C@H]12. The average molecular weight is 293 g/mol. The molecule has 0 spiro atoms. The highest BCUT2D eigenvalue weighted by atomic mass is 35.5. The van der Waals surface area contributed by atoms with Crippen molar-refractivity contribution >= 4 is 40.6 Å². The number of carbonyl (C=O) groups excluding carboxylic acids is 3. The largest absolute Gasteiger partial charge is 0.381 e. The highest BCUT2D eigenvalue weighted by molar-refractivity contribution is 6.47. The van der Waals surface area contributed by atoms with Gasteiger partial charge in [-0.25, -0.2) is 4.90 Å². The van der Waals surface area contributed by atoms with Gasteiger partial charge in [0, 0.05) is 11.9 Å². The van der Waals surface area contributed by atoms with Crippen molar-refractivity contribution in [2.75, 3.05) is 4.90 Å². The monoisotopic (exact) mass is 292 g/mol. The van der Waals surface area contributed by atoms with E-state index in [4.69, 9.17) is 16.4 Å². The molecule has 102 valence electrons. The van der Waals surface area contributed by atoms with Crippen LogP contribution in [0.3, 0.4) is 0 Å². The van der Waals surface area contributed by atoms with E-state index in [-0.39, 0.29) is 11.5 Å². The van der Waals surface area contributed by atoms with Crippen molar-refractivity contribution in [1.29, 1.82) is 0 Å². The fraction of sp³-hybridized carbons (Fsp3) is 0.231. The Morgan fingerprint density at radius 3 is 2.50 bits per heavy atom. The lowest BCUT2D eigenvalue weighted by Crippen LogP contribution is -2.33. The zero-order valence-electron chi connectivity index (χ0n) is 10.4. The van der Waals surface area contributed by atoms with Crippen LogP contribution in [-0.2, 0) is 19.2 Å². The third kappa shape index (κ3) is 1.72. The molecule has 0 radical (unpaired) electrons. The fourth-order valence-corrected chi connectivity index (χ4v) is 2.44. The molecule has 0 aliphatic carbocycles. The van der Waals surface area contributed by atoms with Gasteiger partial charge in [-0.2, -0.15) is 0 Å². The summed E-state index contributed by atoms with van der Waals surface area (Å²) in [6.45, 7) is 1.28. The van der Waals surface area contributed by atoms with E-state index in [1.54, 1.807) is 24.3 Å². The summed E-state index contributed by atoms with van der Waals surface area (Å²) in [5.74, 6) is -2.36. The molecular weight excluding hydrogens is 284 g/mol. The molecule has 0 N–H and O–H groups in total. The molecule has 0 saturated carbocycles. The number of benzene rings is 1. The van der Waals surface area contributed by atoms with Gasteiger partial charge in [0.15, 0.2) is 5.78 Å². The summed E-state index contributed by atoms with van der Waals surface area (Å²) in [5.41, 5.74) is 0.384. The van der Waals surface area contributed by atoms with Crippen LogP contribution in [0, 0.1) is 5.92 Å². The molecule has 0 aromatic heterocycles. The van der Waals surface area contributed by atoms with Crippen LogP contribution in [0.25, 0.3) is 0 Å². The molecular formula is C13H9ClN2O4. The minimum atomic E-state index is -1.04. The Morgan fingerprint density at radius 1 is 1.25 bits per heavy atom. The number of carbonyl (C=O) groups is 3. The second kappa shape index (κ2) is 4.42. The molecule has 0 bridgehead atoms. The van der Waals surface area contributed by atoms with Gasteiger partial charge in [-0.1, -0.05) is 16.8 Å². The van der Waals surface area contributed by atoms with Crippen molar-refractivity contribution in [1.82, 2.24) is 0 Å². The lowest BCUT2D eigenvalue weighted by atomic mass is 9.97. The molecule has 7 heteroatoms. The Balaban J connectivity index is 1.98. The predicted octanol–water partition coefficient (Wildman–Crippen LogP) is 1.17. The quantitative estimate of drug-likeness (QED) is 0.767. The van der Waals surface area contributed by atoms with Gasteiger partial charge in [-0.15, -0.1) is 0 Å². The molecule has 0 unspecified atom stereocenters. The third-order valence-electron chi connectivity index (χ3n) is 3.26. The lowest BCUT2D eigenvalue weighted by molar-refractivity contribution is -0.126. The zero-order chi connectivity index (χ0) is 14.4. The number of oxime groups is 1. The summed E-state index contributed by atoms with van der Waals surface area (Å²) in [7, 11) is 0. The van der Waals surface area contributed by atoms with Gasteiger partial charge in [0.05, 0.1) is 5.69 Å². The van der Waals surface area contributed by atoms with Crippen LogP contribution >= 0.6 is 11.6 Å². The molecule has 1 aromatic rings. The number of Topliss-reactive ketones (excluding diaryl/α,β-unsaturated/α-hetero) is 1. The van der Waals surface area contributed by atoms with E-state index in [9.17, 15) is 14.4 Å². The number of halogens is 1. The first-order valence-corrected chi connectivity index (χ1v) is 6.26. The van der Waals surface area contributed by atoms with E-state index in [0.29, 0.717) is 10.7 Å². The molecule has 2 aliphatic rings. The van der Waals surface area contributed by atoms with E-state index in [1.165, 1.54) is 6.92 Å². The van der Waals surface area contributed by atoms with Crippen LogP contribution in [0.1, 0.15) is 6.92 Å². The van der Waals surface area contributed by atoms with Crippen LogP contribution in [0.5, 0.6) is 0 Å². The van der Waals surface area contributed by atoms with Gasteiger partial charge >= 0.3 is 0 Å². The Bertz CT molecular complexity index is 653. The van der Waals surface area contributed by atoms with Gasteiger partial charge in [0.1, 0.15) is 11.6 Å². The number of anilines is 1. The topological polar surface area (TPSA) is 76.0 Å². The van der Waals surface area contributed by atoms with Crippen molar-refractivity contribution in [3.05, 3.63) is 29.3 Å². The molecule has 20 heavy (non-hydrogen) atoms. The number of nitrogens with zero attached hydrogens (tertiary/aromatic N) is 2. The summed E-state index contributed by atoms with van der Waals surface area (Å²) < 4.78 is 0. The van der Waals surface area contributed by atoms with E-state index < -0.39 is 23.8 Å². The minimum absolute atomic E-state index is 0.00943. The maximum atomic E-state index is 12.4. The number of amides is 2. The third-order valence-corrected chi connectivity index (χ3v) is 3.51. The Kier molecular flexibility index (Phi) is 2.83. The van der Waals surface area contributed by atoms with Crippen LogP contribution in [0.2, 0.25) is 5.02 Å². The Labute approximate surface area is 118 Å². The highest BCUT2D eigenvalue weighted by Crippen LogP contribution is 2.33. The van der Waals surface area contributed by atoms with Gasteiger partial charge in [0.25, 0.3) is 5.91 Å². The molecule has 1 aromatic carbocycles. The number of rotatable bonds is 2. The van der Waals surface area contributed by atoms with E-state index in [1.807, 2.05) is 0 Å². The van der Waals surface area contributed by atoms with Crippen LogP contribution < -0.4 is 4.90 Å². The normalized spacial score (nSPS) is 24.5. The summed E-state index contributed by atoms with van der Waals surface area (Å²) in [5, 5.41) is 4.04. The van der Waals surface area contributed by atoms with Crippen LogP contribution in [0.15, 0.2) is 29.4 Å². The second-order valence-corrected chi connectivity index (χ2v) is 4.96. The molecule has 1 fully saturated rings. The Morgan fingerprint density at radius 2 is 1.90 bits per heavy atom. The molecule has 2 aliphatic heterocycles. The summed E-state index contributed by atoms with van der Waals surface area (Å²) in [6, 6.07) is 6.27. The first-order valence-electron chi connectivity index (χ1n) is 5.88. The molecule has 2 heterocycles. The smallest absolute Gasteiger partial charge is 0.278 e. The fourth-order valence-electron chi connectivity index (χ4n) is 2.31. The van der Waals surface area contributed by atoms with E-state index >= 15 is 0 Å². The number of imide groups is 1. The second-order valence-electron chi connectivity index (χ2n) is 4.52. The minimum Gasteiger partial charge on any atom is -0.381 e. The average Bonchev–Trinajstić information content (AvgIpc) is 2.94. The standard InChI is InChI=1S/C13H9ClN2O4/c1-6(17)10-9-11(20-15-10)13(19)16(12(9)18)8-4-2-7(14)3-5-8/h2-5,9,11H,1H3/t9-,11-/m1/s1. The van der Waals surface area contributed by atoms with Gasteiger partial charge in [0.2, 0.25) is 12.0 Å². The number of ketones is 1. The van der Waals surface area contributed by atoms with Gasteiger partial charge < -0.3 is 4.84 Å². The summed E-state index contributed by atoms with van der Waals surface area (Å²) in [6.07, 6.45) is -1.04. The van der Waals surface area contributed by atoms with Crippen LogP contribution in [0.4, 0.5) is 5.69 Å². The van der Waals surface area contributed by atoms with Crippen molar-refractivity contribution in [3.63, 3.8) is 0 Å². The number of hydrogen-bond donors (Lipinski definition) is 0. The molecule has 3 rings (SSSR count). The van der Waals surface area contributed by atoms with Crippen molar-refractivity contribution in [2.45, 2.75) is 13.0 Å². The predicted molar refractivity (Wildman–Crippen MR) is 70.4 cm³/mol. The first kappa shape index (κ1) is 12.8. The van der Waals surface area contributed by atoms with Crippen molar-refractivity contribution in [3.8, 4) is 0 Å². The highest BCUT2D eigenvalue weighted by Gasteiger charge is 2.56. The molecule has 6 nitrogen and oxygen atoms in total. The maximum absolute atomic E-state index is 12.4. The number of fused-ring (bicyclic) bond motifs is 1. The van der Waals surface area contributed by atoms with Crippen molar-refractivity contribution < 1.29 is 19.2 Å². The maximum Gasteiger partial charge on any atom is 0.278 e. The van der Waals surface area contributed by atoms with E-state index in [2.05, 4.69) is 5.16 Å². The summed E-state index contributed by atoms with van der Waals surface area (Å²) in [4.78, 5) is 41.9. The summed E-state index contributed by atoms with van der Waals surface area (Å²) >= 11 is 5.77. The molecule has 2 amide bonds. The zero-order valence-corrected chi connectivity index (χ0v) is 11.1. The van der Waals surface area contributed by atoms with Gasteiger partial charge in [-0.3, -0.25) is 14.4 Å². The molecule has 1 saturated heterocycles. The van der Waals surface area contributed by atoms with Crippen molar-refractivity contribution in [2.24, 2.45) is 11.1 Å². The van der Waals surface area contributed by atoms with Crippen LogP contribution in [-0.4, -0.2) is 29.4 Å².